The monoisotopic (exact) mass is 565 g/mol. The van der Waals surface area contributed by atoms with Crippen molar-refractivity contribution >= 4 is 46.4 Å². The molecule has 0 spiro atoms. The van der Waals surface area contributed by atoms with Gasteiger partial charge in [-0.1, -0.05) is 59.9 Å². The van der Waals surface area contributed by atoms with Gasteiger partial charge < -0.3 is 30.6 Å². The molecule has 3 aromatic carbocycles. The maximum absolute atomic E-state index is 11.7. The number of benzene rings is 3. The van der Waals surface area contributed by atoms with Gasteiger partial charge in [0.1, 0.15) is 17.0 Å². The molecule has 0 amide bonds. The second-order valence-electron chi connectivity index (χ2n) is 8.42. The smallest absolute Gasteiger partial charge is 0.305 e. The molecule has 4 rings (SSSR count). The average Bonchev–Trinajstić information content (AvgIpc) is 3.27. The molecule has 0 radical (unpaired) electrons. The first-order valence-electron chi connectivity index (χ1n) is 11.7. The van der Waals surface area contributed by atoms with E-state index in [2.05, 4.69) is 45.9 Å². The predicted octanol–water partition coefficient (Wildman–Crippen LogP) is 4.35. The first-order valence-corrected chi connectivity index (χ1v) is 12.5. The lowest BCUT2D eigenvalue weighted by Crippen LogP contribution is -2.24. The van der Waals surface area contributed by atoms with Gasteiger partial charge in [0, 0.05) is 24.2 Å². The summed E-state index contributed by atoms with van der Waals surface area (Å²) in [6.45, 7) is 2.72. The van der Waals surface area contributed by atoms with Crippen molar-refractivity contribution in [2.45, 2.75) is 25.5 Å². The number of hydrogen-bond donors (Lipinski definition) is 5. The van der Waals surface area contributed by atoms with E-state index in [1.807, 2.05) is 18.2 Å². The summed E-state index contributed by atoms with van der Waals surface area (Å²) in [6, 6.07) is 19.8. The van der Waals surface area contributed by atoms with Crippen molar-refractivity contribution in [1.82, 2.24) is 15.6 Å². The number of H-pyrrole nitrogens is 1. The number of para-hydroxylation sites is 1. The first kappa shape index (κ1) is 30.6. The third-order valence-electron chi connectivity index (χ3n) is 5.96. The number of aromatic amines is 1. The van der Waals surface area contributed by atoms with Crippen LogP contribution in [-0.2, 0) is 19.4 Å². The summed E-state index contributed by atoms with van der Waals surface area (Å²) in [4.78, 5) is 14.0. The van der Waals surface area contributed by atoms with Crippen molar-refractivity contribution in [3.63, 3.8) is 0 Å². The number of aliphatic hydroxyl groups is 1. The Hall–Kier alpha value is -2.59. The van der Waals surface area contributed by atoms with Crippen molar-refractivity contribution in [1.29, 1.82) is 0 Å². The Balaban J connectivity index is 0.00000241. The second-order valence-corrected chi connectivity index (χ2v) is 9.40. The minimum absolute atomic E-state index is 0. The lowest BCUT2D eigenvalue weighted by atomic mass is 10.1. The fraction of sp³-hybridized carbons (Fsp3) is 0.296. The minimum atomic E-state index is -0.773. The number of halogens is 2. The Morgan fingerprint density at radius 3 is 2.41 bits per heavy atom. The number of aromatic hydroxyl groups is 1. The zero-order chi connectivity index (χ0) is 24.6. The predicted molar refractivity (Wildman–Crippen MR) is 155 cm³/mol. The van der Waals surface area contributed by atoms with Crippen LogP contribution in [0.3, 0.4) is 0 Å². The molecular formula is C27H33Cl2N3O4S. The van der Waals surface area contributed by atoms with E-state index in [-0.39, 0.29) is 35.4 Å². The molecule has 0 saturated carbocycles. The Morgan fingerprint density at radius 1 is 0.973 bits per heavy atom. The van der Waals surface area contributed by atoms with Gasteiger partial charge in [-0.25, -0.2) is 0 Å². The van der Waals surface area contributed by atoms with Crippen LogP contribution in [0.2, 0.25) is 0 Å². The van der Waals surface area contributed by atoms with E-state index >= 15 is 0 Å². The van der Waals surface area contributed by atoms with E-state index in [9.17, 15) is 15.0 Å². The summed E-state index contributed by atoms with van der Waals surface area (Å²) in [5.74, 6) is 0.912. The highest BCUT2D eigenvalue weighted by molar-refractivity contribution is 7.16. The van der Waals surface area contributed by atoms with E-state index in [0.717, 1.165) is 55.1 Å². The van der Waals surface area contributed by atoms with Crippen molar-refractivity contribution in [3.05, 3.63) is 92.6 Å². The zero-order valence-corrected chi connectivity index (χ0v) is 23.0. The molecular weight excluding hydrogens is 533 g/mol. The summed E-state index contributed by atoms with van der Waals surface area (Å²) in [5, 5.41) is 27.3. The van der Waals surface area contributed by atoms with E-state index in [1.54, 1.807) is 13.2 Å². The SMILES string of the molecule is COc1ccccc1CNCCc1cccc(CCNCC(O)c2ccc(O)c3[nH]c(=O)sc23)c1.Cl.Cl. The van der Waals surface area contributed by atoms with Gasteiger partial charge in [-0.05, 0) is 49.2 Å². The molecule has 0 bridgehead atoms. The number of aliphatic hydroxyl groups excluding tert-OH is 1. The number of phenolic OH excluding ortho intramolecular Hbond substituents is 1. The minimum Gasteiger partial charge on any atom is -0.506 e. The Bertz CT molecular complexity index is 1330. The quantitative estimate of drug-likeness (QED) is 0.163. The highest BCUT2D eigenvalue weighted by Crippen LogP contribution is 2.31. The number of methoxy groups -OCH3 is 1. The van der Waals surface area contributed by atoms with E-state index < -0.39 is 6.10 Å². The van der Waals surface area contributed by atoms with Crippen molar-refractivity contribution in [2.24, 2.45) is 0 Å². The van der Waals surface area contributed by atoms with Crippen molar-refractivity contribution < 1.29 is 14.9 Å². The molecule has 37 heavy (non-hydrogen) atoms. The number of rotatable bonds is 12. The van der Waals surface area contributed by atoms with Crippen LogP contribution in [0.25, 0.3) is 10.2 Å². The van der Waals surface area contributed by atoms with Crippen molar-refractivity contribution in [3.8, 4) is 11.5 Å². The summed E-state index contributed by atoms with van der Waals surface area (Å²) in [6.07, 6.45) is 1.01. The lowest BCUT2D eigenvalue weighted by Gasteiger charge is -2.14. The summed E-state index contributed by atoms with van der Waals surface area (Å²) in [5.41, 5.74) is 4.69. The molecule has 7 nitrogen and oxygen atoms in total. The molecule has 1 unspecified atom stereocenters. The number of hydrogen-bond acceptors (Lipinski definition) is 7. The molecule has 0 fully saturated rings. The molecule has 0 aliphatic heterocycles. The average molecular weight is 567 g/mol. The van der Waals surface area contributed by atoms with Gasteiger partial charge in [-0.3, -0.25) is 4.79 Å². The summed E-state index contributed by atoms with van der Waals surface area (Å²) >= 11 is 0.997. The van der Waals surface area contributed by atoms with Crippen LogP contribution >= 0.6 is 36.2 Å². The third kappa shape index (κ3) is 8.20. The topological polar surface area (TPSA) is 107 Å². The zero-order valence-electron chi connectivity index (χ0n) is 20.5. The number of phenols is 1. The lowest BCUT2D eigenvalue weighted by molar-refractivity contribution is 0.176. The summed E-state index contributed by atoms with van der Waals surface area (Å²) < 4.78 is 6.00. The molecule has 5 N–H and O–H groups in total. The van der Waals surface area contributed by atoms with Gasteiger partial charge in [-0.15, -0.1) is 24.8 Å². The van der Waals surface area contributed by atoms with Crippen LogP contribution in [0.4, 0.5) is 0 Å². The molecule has 0 aliphatic carbocycles. The number of ether oxygens (including phenoxy) is 1. The van der Waals surface area contributed by atoms with Crippen LogP contribution in [0, 0.1) is 0 Å². The Kier molecular flexibility index (Phi) is 12.4. The van der Waals surface area contributed by atoms with Crippen LogP contribution in [0.5, 0.6) is 11.5 Å². The number of nitrogens with one attached hydrogen (secondary N) is 3. The molecule has 1 atom stereocenters. The molecule has 1 aromatic heterocycles. The van der Waals surface area contributed by atoms with E-state index in [1.165, 1.54) is 17.2 Å². The van der Waals surface area contributed by atoms with Crippen LogP contribution in [-0.4, -0.2) is 41.9 Å². The van der Waals surface area contributed by atoms with Crippen LogP contribution in [0.1, 0.15) is 28.4 Å². The normalized spacial score (nSPS) is 11.5. The second kappa shape index (κ2) is 15.0. The number of aromatic nitrogens is 1. The molecule has 10 heteroatoms. The molecule has 0 saturated heterocycles. The fourth-order valence-electron chi connectivity index (χ4n) is 4.13. The van der Waals surface area contributed by atoms with Gasteiger partial charge in [0.15, 0.2) is 0 Å². The van der Waals surface area contributed by atoms with Crippen LogP contribution in [0.15, 0.2) is 65.5 Å². The largest absolute Gasteiger partial charge is 0.506 e. The molecule has 0 aliphatic rings. The third-order valence-corrected chi connectivity index (χ3v) is 6.90. The first-order chi connectivity index (χ1) is 17.0. The maximum atomic E-state index is 11.7. The van der Waals surface area contributed by atoms with Gasteiger partial charge in [0.2, 0.25) is 0 Å². The van der Waals surface area contributed by atoms with Gasteiger partial charge >= 0.3 is 4.87 Å². The summed E-state index contributed by atoms with van der Waals surface area (Å²) in [7, 11) is 1.69. The fourth-order valence-corrected chi connectivity index (χ4v) is 5.05. The standard InChI is InChI=1S/C27H31N3O4S.2ClH/c1-34-24-8-3-2-7-20(24)16-28-13-11-18-5-4-6-19(15-18)12-14-29-17-23(32)21-9-10-22(31)25-26(21)35-27(33)30-25;;/h2-10,15,23,28-29,31-32H,11-14,16-17H2,1H3,(H,30,33);2*1H. The molecule has 1 heterocycles. The number of fused-ring (bicyclic) bond motifs is 1. The van der Waals surface area contributed by atoms with Crippen LogP contribution < -0.4 is 20.2 Å². The van der Waals surface area contributed by atoms with E-state index in [0.29, 0.717) is 22.3 Å². The Labute approximate surface area is 232 Å². The molecule has 4 aromatic rings. The maximum Gasteiger partial charge on any atom is 0.305 e. The van der Waals surface area contributed by atoms with Crippen molar-refractivity contribution in [2.75, 3.05) is 26.7 Å². The van der Waals surface area contributed by atoms with Gasteiger partial charge in [-0.2, -0.15) is 0 Å². The Morgan fingerprint density at radius 2 is 1.68 bits per heavy atom. The van der Waals surface area contributed by atoms with Gasteiger partial charge in [0.25, 0.3) is 0 Å². The highest BCUT2D eigenvalue weighted by Gasteiger charge is 2.15. The van der Waals surface area contributed by atoms with E-state index in [4.69, 9.17) is 4.74 Å². The van der Waals surface area contributed by atoms with Gasteiger partial charge in [0.05, 0.1) is 17.9 Å². The highest BCUT2D eigenvalue weighted by atomic mass is 35.5. The number of thiazole rings is 1. The molecule has 200 valence electrons.